The molecule has 1 amide bonds. The lowest BCUT2D eigenvalue weighted by Crippen LogP contribution is -2.62. The van der Waals surface area contributed by atoms with E-state index in [1.54, 1.807) is 0 Å². The second-order valence-corrected chi connectivity index (χ2v) is 9.46. The molecule has 0 aliphatic carbocycles. The molecule has 1 aliphatic heterocycles. The molecule has 0 spiro atoms. The first-order valence-electron chi connectivity index (χ1n) is 10.1. The Kier molecular flexibility index (Phi) is 4.66. The lowest BCUT2D eigenvalue weighted by Gasteiger charge is -2.46. The highest BCUT2D eigenvalue weighted by atomic mass is 16.1. The Bertz CT molecular complexity index is 1000. The molecule has 28 heavy (non-hydrogen) atoms. The number of aromatic nitrogens is 2. The number of nitrogens with one attached hydrogen (secondary N) is 3. The van der Waals surface area contributed by atoms with E-state index in [0.29, 0.717) is 12.8 Å². The number of para-hydroxylation sites is 1. The molecule has 0 radical (unpaired) electrons. The van der Waals surface area contributed by atoms with Crippen LogP contribution >= 0.6 is 0 Å². The number of pyridine rings is 1. The van der Waals surface area contributed by atoms with Gasteiger partial charge in [0.15, 0.2) is 0 Å². The third-order valence-electron chi connectivity index (χ3n) is 5.61. The number of hydrogen-bond donors (Lipinski definition) is 3. The van der Waals surface area contributed by atoms with E-state index in [-0.39, 0.29) is 23.0 Å². The summed E-state index contributed by atoms with van der Waals surface area (Å²) in [5.74, 6) is 0.110. The highest BCUT2D eigenvalue weighted by molar-refractivity contribution is 6.06. The lowest BCUT2D eigenvalue weighted by molar-refractivity contribution is -0.122. The maximum atomic E-state index is 12.6. The molecule has 3 aromatic rings. The van der Waals surface area contributed by atoms with Crippen LogP contribution in [-0.2, 0) is 11.2 Å². The van der Waals surface area contributed by atoms with Gasteiger partial charge in [-0.2, -0.15) is 0 Å². The predicted molar refractivity (Wildman–Crippen MR) is 114 cm³/mol. The fourth-order valence-corrected chi connectivity index (χ4v) is 4.90. The Morgan fingerprint density at radius 1 is 1.11 bits per heavy atom. The summed E-state index contributed by atoms with van der Waals surface area (Å²) in [7, 11) is 0. The molecule has 0 atom stereocenters. The van der Waals surface area contributed by atoms with E-state index in [4.69, 9.17) is 0 Å². The first-order valence-corrected chi connectivity index (χ1v) is 10.1. The SMILES string of the molecule is CC1(C)CC(NC(=O)CCc2cc3c(cn2)[nH]c2ccccc23)CC(C)(C)N1. The fourth-order valence-electron chi connectivity index (χ4n) is 4.90. The number of aryl methyl sites for hydroxylation is 1. The predicted octanol–water partition coefficient (Wildman–Crippen LogP) is 4.07. The number of aromatic amines is 1. The van der Waals surface area contributed by atoms with E-state index >= 15 is 0 Å². The molecular weight excluding hydrogens is 348 g/mol. The van der Waals surface area contributed by atoms with Gasteiger partial charge in [0, 0.05) is 45.5 Å². The van der Waals surface area contributed by atoms with Crippen LogP contribution in [0.1, 0.15) is 52.7 Å². The van der Waals surface area contributed by atoms with Crippen LogP contribution in [0.5, 0.6) is 0 Å². The van der Waals surface area contributed by atoms with Crippen molar-refractivity contribution in [3.05, 3.63) is 42.2 Å². The molecule has 148 valence electrons. The second kappa shape index (κ2) is 6.89. The van der Waals surface area contributed by atoms with Crippen LogP contribution in [0.25, 0.3) is 21.8 Å². The molecule has 1 aliphatic rings. The number of H-pyrrole nitrogens is 1. The van der Waals surface area contributed by atoms with E-state index in [9.17, 15) is 4.79 Å². The number of benzene rings is 1. The first kappa shape index (κ1) is 18.9. The normalized spacial score (nSPS) is 19.1. The van der Waals surface area contributed by atoms with Crippen molar-refractivity contribution in [2.45, 2.75) is 70.5 Å². The summed E-state index contributed by atoms with van der Waals surface area (Å²) in [5.41, 5.74) is 3.17. The zero-order chi connectivity index (χ0) is 19.9. The molecule has 5 heteroatoms. The van der Waals surface area contributed by atoms with Gasteiger partial charge in [-0.05, 0) is 59.1 Å². The van der Waals surface area contributed by atoms with Crippen LogP contribution in [0.4, 0.5) is 0 Å². The monoisotopic (exact) mass is 378 g/mol. The van der Waals surface area contributed by atoms with Gasteiger partial charge in [-0.25, -0.2) is 0 Å². The Morgan fingerprint density at radius 2 is 1.82 bits per heavy atom. The number of carbonyl (C=O) groups excluding carboxylic acids is 1. The van der Waals surface area contributed by atoms with Gasteiger partial charge in [-0.3, -0.25) is 9.78 Å². The number of hydrogen-bond acceptors (Lipinski definition) is 3. The molecule has 0 saturated carbocycles. The van der Waals surface area contributed by atoms with Crippen LogP contribution in [0.15, 0.2) is 36.5 Å². The number of fused-ring (bicyclic) bond motifs is 3. The van der Waals surface area contributed by atoms with Crippen molar-refractivity contribution in [1.29, 1.82) is 0 Å². The third-order valence-corrected chi connectivity index (χ3v) is 5.61. The van der Waals surface area contributed by atoms with E-state index < -0.39 is 0 Å². The van der Waals surface area contributed by atoms with Crippen molar-refractivity contribution in [1.82, 2.24) is 20.6 Å². The minimum absolute atomic E-state index is 0.0294. The number of amides is 1. The van der Waals surface area contributed by atoms with Crippen molar-refractivity contribution in [2.24, 2.45) is 0 Å². The molecule has 1 fully saturated rings. The van der Waals surface area contributed by atoms with Gasteiger partial charge in [-0.15, -0.1) is 0 Å². The van der Waals surface area contributed by atoms with Crippen molar-refractivity contribution in [3.8, 4) is 0 Å². The highest BCUT2D eigenvalue weighted by Crippen LogP contribution is 2.29. The average Bonchev–Trinajstić information content (AvgIpc) is 2.95. The topological polar surface area (TPSA) is 69.8 Å². The number of carbonyl (C=O) groups is 1. The highest BCUT2D eigenvalue weighted by Gasteiger charge is 2.38. The molecule has 1 aromatic carbocycles. The molecular formula is C23H30N4O. The smallest absolute Gasteiger partial charge is 0.220 e. The average molecular weight is 379 g/mol. The van der Waals surface area contributed by atoms with Crippen molar-refractivity contribution in [2.75, 3.05) is 0 Å². The van der Waals surface area contributed by atoms with Crippen LogP contribution in [0, 0.1) is 0 Å². The lowest BCUT2D eigenvalue weighted by atomic mass is 9.79. The Balaban J connectivity index is 1.41. The van der Waals surface area contributed by atoms with Gasteiger partial charge in [0.05, 0.1) is 11.7 Å². The Labute approximate surface area is 166 Å². The van der Waals surface area contributed by atoms with Crippen molar-refractivity contribution < 1.29 is 4.79 Å². The summed E-state index contributed by atoms with van der Waals surface area (Å²) >= 11 is 0. The molecule has 2 aromatic heterocycles. The van der Waals surface area contributed by atoms with Gasteiger partial charge in [0.2, 0.25) is 5.91 Å². The molecule has 0 unspecified atom stereocenters. The Morgan fingerprint density at radius 3 is 2.57 bits per heavy atom. The maximum Gasteiger partial charge on any atom is 0.220 e. The van der Waals surface area contributed by atoms with Gasteiger partial charge in [-0.1, -0.05) is 18.2 Å². The molecule has 3 N–H and O–H groups in total. The zero-order valence-electron chi connectivity index (χ0n) is 17.2. The van der Waals surface area contributed by atoms with Crippen LogP contribution in [0.2, 0.25) is 0 Å². The summed E-state index contributed by atoms with van der Waals surface area (Å²) < 4.78 is 0. The van der Waals surface area contributed by atoms with Crippen LogP contribution in [-0.4, -0.2) is 33.0 Å². The van der Waals surface area contributed by atoms with Crippen LogP contribution < -0.4 is 10.6 Å². The van der Waals surface area contributed by atoms with Crippen molar-refractivity contribution in [3.63, 3.8) is 0 Å². The van der Waals surface area contributed by atoms with E-state index in [2.05, 4.69) is 66.5 Å². The van der Waals surface area contributed by atoms with Gasteiger partial charge < -0.3 is 15.6 Å². The number of piperidine rings is 1. The summed E-state index contributed by atoms with van der Waals surface area (Å²) in [4.78, 5) is 20.5. The molecule has 1 saturated heterocycles. The second-order valence-electron chi connectivity index (χ2n) is 9.46. The van der Waals surface area contributed by atoms with Gasteiger partial charge >= 0.3 is 0 Å². The molecule has 0 bridgehead atoms. The molecule has 4 rings (SSSR count). The number of nitrogens with zero attached hydrogens (tertiary/aromatic N) is 1. The Hall–Kier alpha value is -2.40. The van der Waals surface area contributed by atoms with E-state index in [1.165, 1.54) is 10.8 Å². The largest absolute Gasteiger partial charge is 0.353 e. The number of rotatable bonds is 4. The van der Waals surface area contributed by atoms with E-state index in [1.807, 2.05) is 18.3 Å². The fraction of sp³-hybridized carbons (Fsp3) is 0.478. The quantitative estimate of drug-likeness (QED) is 0.641. The summed E-state index contributed by atoms with van der Waals surface area (Å²) in [6.07, 6.45) is 4.88. The maximum absolute atomic E-state index is 12.6. The minimum Gasteiger partial charge on any atom is -0.353 e. The van der Waals surface area contributed by atoms with Crippen LogP contribution in [0.3, 0.4) is 0 Å². The minimum atomic E-state index is 0.0294. The molecule has 5 nitrogen and oxygen atoms in total. The van der Waals surface area contributed by atoms with Gasteiger partial charge in [0.25, 0.3) is 0 Å². The third kappa shape index (κ3) is 4.04. The molecule has 3 heterocycles. The zero-order valence-corrected chi connectivity index (χ0v) is 17.2. The van der Waals surface area contributed by atoms with Crippen molar-refractivity contribution >= 4 is 27.7 Å². The summed E-state index contributed by atoms with van der Waals surface area (Å²) in [5, 5.41) is 9.28. The van der Waals surface area contributed by atoms with Gasteiger partial charge in [0.1, 0.15) is 0 Å². The summed E-state index contributed by atoms with van der Waals surface area (Å²) in [6.45, 7) is 8.81. The summed E-state index contributed by atoms with van der Waals surface area (Å²) in [6, 6.07) is 10.6. The van der Waals surface area contributed by atoms with E-state index in [0.717, 1.165) is 29.6 Å². The standard InChI is InChI=1S/C23H30N4O/c1-22(2)12-16(13-23(3,4)27-22)25-21(28)10-9-15-11-18-17-7-5-6-8-19(17)26-20(18)14-24-15/h5-8,11,14,16,26-27H,9-10,12-13H2,1-4H3,(H,25,28). The first-order chi connectivity index (χ1) is 13.2.